The van der Waals surface area contributed by atoms with Crippen molar-refractivity contribution in [2.45, 2.75) is 26.7 Å². The maximum atomic E-state index is 11.8. The molecular weight excluding hydrogens is 318 g/mol. The third-order valence-electron chi connectivity index (χ3n) is 3.65. The smallest absolute Gasteiger partial charge is 0.306 e. The third-order valence-corrected chi connectivity index (χ3v) is 5.49. The summed E-state index contributed by atoms with van der Waals surface area (Å²) in [7, 11) is -3.01. The number of esters is 1. The number of benzene rings is 1. The predicted molar refractivity (Wildman–Crippen MR) is 86.9 cm³/mol. The number of hydrogen-bond donors (Lipinski definition) is 1. The Morgan fingerprint density at radius 3 is 2.43 bits per heavy atom. The highest BCUT2D eigenvalue weighted by atomic mass is 32.2. The molecule has 0 aromatic heterocycles. The quantitative estimate of drug-likeness (QED) is 0.823. The van der Waals surface area contributed by atoms with Crippen molar-refractivity contribution >= 4 is 27.4 Å². The van der Waals surface area contributed by atoms with Gasteiger partial charge in [-0.05, 0) is 49.4 Å². The van der Waals surface area contributed by atoms with Gasteiger partial charge in [-0.15, -0.1) is 0 Å². The highest BCUT2D eigenvalue weighted by molar-refractivity contribution is 7.91. The fraction of sp³-hybridized carbons (Fsp3) is 0.500. The Labute approximate surface area is 136 Å². The normalized spacial score (nSPS) is 19.3. The Morgan fingerprint density at radius 1 is 1.22 bits per heavy atom. The molecule has 0 spiro atoms. The van der Waals surface area contributed by atoms with E-state index in [1.165, 1.54) is 0 Å². The summed E-state index contributed by atoms with van der Waals surface area (Å²) < 4.78 is 27.6. The SMILES string of the molecule is Cc1cc(C)cc(NC(=O)COC(=O)C[C@H]2CCS(=O)(=O)C2)c1. The van der Waals surface area contributed by atoms with Gasteiger partial charge in [0.25, 0.3) is 5.91 Å². The lowest BCUT2D eigenvalue weighted by atomic mass is 10.1. The van der Waals surface area contributed by atoms with E-state index in [1.807, 2.05) is 32.0 Å². The van der Waals surface area contributed by atoms with Crippen LogP contribution in [0.2, 0.25) is 0 Å². The van der Waals surface area contributed by atoms with Crippen molar-refractivity contribution in [3.8, 4) is 0 Å². The molecule has 2 rings (SSSR count). The van der Waals surface area contributed by atoms with Gasteiger partial charge in [0.05, 0.1) is 11.5 Å². The van der Waals surface area contributed by atoms with E-state index in [0.29, 0.717) is 12.1 Å². The minimum absolute atomic E-state index is 0.0247. The second kappa shape index (κ2) is 7.12. The van der Waals surface area contributed by atoms with Crippen molar-refractivity contribution in [2.75, 3.05) is 23.4 Å². The van der Waals surface area contributed by atoms with Crippen LogP contribution < -0.4 is 5.32 Å². The lowest BCUT2D eigenvalue weighted by molar-refractivity contribution is -0.148. The number of ether oxygens (including phenoxy) is 1. The van der Waals surface area contributed by atoms with Crippen molar-refractivity contribution < 1.29 is 22.7 Å². The molecule has 1 aliphatic rings. The van der Waals surface area contributed by atoms with Gasteiger partial charge in [-0.1, -0.05) is 6.07 Å². The zero-order chi connectivity index (χ0) is 17.0. The molecule has 1 fully saturated rings. The van der Waals surface area contributed by atoms with E-state index >= 15 is 0 Å². The molecule has 1 aromatic rings. The highest BCUT2D eigenvalue weighted by Crippen LogP contribution is 2.21. The van der Waals surface area contributed by atoms with Gasteiger partial charge >= 0.3 is 5.97 Å². The molecule has 7 heteroatoms. The summed E-state index contributed by atoms with van der Waals surface area (Å²) >= 11 is 0. The largest absolute Gasteiger partial charge is 0.456 e. The Kier molecular flexibility index (Phi) is 5.41. The molecule has 1 atom stereocenters. The second-order valence-corrected chi connectivity index (χ2v) is 8.29. The molecule has 126 valence electrons. The lowest BCUT2D eigenvalue weighted by Crippen LogP contribution is -2.22. The predicted octanol–water partition coefficient (Wildman–Crippen LogP) is 1.61. The van der Waals surface area contributed by atoms with Crippen molar-refractivity contribution in [1.29, 1.82) is 0 Å². The Bertz CT molecular complexity index is 691. The van der Waals surface area contributed by atoms with Crippen molar-refractivity contribution in [1.82, 2.24) is 0 Å². The summed E-state index contributed by atoms with van der Waals surface area (Å²) in [6.07, 6.45) is 0.516. The molecule has 0 radical (unpaired) electrons. The lowest BCUT2D eigenvalue weighted by Gasteiger charge is -2.10. The van der Waals surface area contributed by atoms with Crippen LogP contribution in [0.1, 0.15) is 24.0 Å². The monoisotopic (exact) mass is 339 g/mol. The van der Waals surface area contributed by atoms with Crippen molar-refractivity contribution in [2.24, 2.45) is 5.92 Å². The van der Waals surface area contributed by atoms with Crippen LogP contribution in [0.25, 0.3) is 0 Å². The maximum absolute atomic E-state index is 11.8. The van der Waals surface area contributed by atoms with Crippen LogP contribution in [0.4, 0.5) is 5.69 Å². The van der Waals surface area contributed by atoms with Crippen LogP contribution in [0.3, 0.4) is 0 Å². The maximum Gasteiger partial charge on any atom is 0.306 e. The Morgan fingerprint density at radius 2 is 1.87 bits per heavy atom. The summed E-state index contributed by atoms with van der Waals surface area (Å²) in [5.74, 6) is -1.00. The van der Waals surface area contributed by atoms with Gasteiger partial charge in [-0.2, -0.15) is 0 Å². The first-order chi connectivity index (χ1) is 10.7. The van der Waals surface area contributed by atoms with Gasteiger partial charge < -0.3 is 10.1 Å². The van der Waals surface area contributed by atoms with Gasteiger partial charge in [-0.3, -0.25) is 9.59 Å². The third kappa shape index (κ3) is 5.67. The second-order valence-electron chi connectivity index (χ2n) is 6.06. The fourth-order valence-corrected chi connectivity index (χ4v) is 4.58. The topological polar surface area (TPSA) is 89.5 Å². The zero-order valence-electron chi connectivity index (χ0n) is 13.3. The number of sulfone groups is 1. The first-order valence-corrected chi connectivity index (χ1v) is 9.30. The van der Waals surface area contributed by atoms with E-state index in [4.69, 9.17) is 4.74 Å². The van der Waals surface area contributed by atoms with Crippen LogP contribution in [-0.4, -0.2) is 38.4 Å². The molecule has 0 saturated carbocycles. The van der Waals surface area contributed by atoms with E-state index in [1.54, 1.807) is 0 Å². The molecule has 6 nitrogen and oxygen atoms in total. The molecule has 23 heavy (non-hydrogen) atoms. The van der Waals surface area contributed by atoms with E-state index in [-0.39, 0.29) is 30.5 Å². The number of hydrogen-bond acceptors (Lipinski definition) is 5. The van der Waals surface area contributed by atoms with Crippen LogP contribution in [0, 0.1) is 19.8 Å². The number of carbonyl (C=O) groups is 2. The van der Waals surface area contributed by atoms with Crippen LogP contribution in [0.15, 0.2) is 18.2 Å². The van der Waals surface area contributed by atoms with E-state index in [0.717, 1.165) is 11.1 Å². The average molecular weight is 339 g/mol. The minimum Gasteiger partial charge on any atom is -0.456 e. The molecule has 1 saturated heterocycles. The zero-order valence-corrected chi connectivity index (χ0v) is 14.1. The van der Waals surface area contributed by atoms with Gasteiger partial charge in [0.15, 0.2) is 16.4 Å². The number of nitrogens with one attached hydrogen (secondary N) is 1. The summed E-state index contributed by atoms with van der Waals surface area (Å²) in [6.45, 7) is 3.49. The van der Waals surface area contributed by atoms with Crippen molar-refractivity contribution in [3.63, 3.8) is 0 Å². The van der Waals surface area contributed by atoms with Crippen LogP contribution >= 0.6 is 0 Å². The average Bonchev–Trinajstić information content (AvgIpc) is 2.74. The number of amides is 1. The molecule has 0 unspecified atom stereocenters. The van der Waals surface area contributed by atoms with E-state index < -0.39 is 21.7 Å². The summed E-state index contributed by atoms with van der Waals surface area (Å²) in [4.78, 5) is 23.5. The fourth-order valence-electron chi connectivity index (χ4n) is 2.72. The van der Waals surface area contributed by atoms with E-state index in [2.05, 4.69) is 5.32 Å². The summed E-state index contributed by atoms with van der Waals surface area (Å²) in [5, 5.41) is 2.67. The minimum atomic E-state index is -3.01. The number of carbonyl (C=O) groups excluding carboxylic acids is 2. The molecule has 1 aromatic carbocycles. The Balaban J connectivity index is 1.76. The molecular formula is C16H21NO5S. The standard InChI is InChI=1S/C16H21NO5S/c1-11-5-12(2)7-14(6-11)17-15(18)9-22-16(19)8-13-3-4-23(20,21)10-13/h5-7,13H,3-4,8-10H2,1-2H3,(H,17,18)/t13-/m1/s1. The first-order valence-electron chi connectivity index (χ1n) is 7.48. The number of rotatable bonds is 5. The summed E-state index contributed by atoms with van der Waals surface area (Å²) in [6, 6.07) is 5.65. The van der Waals surface area contributed by atoms with Crippen LogP contribution in [-0.2, 0) is 24.2 Å². The highest BCUT2D eigenvalue weighted by Gasteiger charge is 2.29. The van der Waals surface area contributed by atoms with Gasteiger partial charge in [-0.25, -0.2) is 8.42 Å². The Hall–Kier alpha value is -1.89. The molecule has 0 aliphatic carbocycles. The first kappa shape index (κ1) is 17.5. The molecule has 0 bridgehead atoms. The van der Waals surface area contributed by atoms with Crippen molar-refractivity contribution in [3.05, 3.63) is 29.3 Å². The van der Waals surface area contributed by atoms with Gasteiger partial charge in [0.1, 0.15) is 0 Å². The number of anilines is 1. The number of aryl methyl sites for hydroxylation is 2. The molecule has 1 aliphatic heterocycles. The van der Waals surface area contributed by atoms with Crippen LogP contribution in [0.5, 0.6) is 0 Å². The van der Waals surface area contributed by atoms with Gasteiger partial charge in [0.2, 0.25) is 0 Å². The molecule has 1 N–H and O–H groups in total. The van der Waals surface area contributed by atoms with Gasteiger partial charge in [0, 0.05) is 12.1 Å². The summed E-state index contributed by atoms with van der Waals surface area (Å²) in [5.41, 5.74) is 2.71. The molecule has 1 amide bonds. The molecule has 1 heterocycles. The van der Waals surface area contributed by atoms with E-state index in [9.17, 15) is 18.0 Å².